The Balaban J connectivity index is 2.11. The first-order valence-electron chi connectivity index (χ1n) is 6.92. The normalized spacial score (nSPS) is 12.4. The quantitative estimate of drug-likeness (QED) is 0.577. The summed E-state index contributed by atoms with van der Waals surface area (Å²) in [5, 5.41) is 3.65. The number of benzene rings is 2. The van der Waals surface area contributed by atoms with E-state index in [0.717, 1.165) is 0 Å². The summed E-state index contributed by atoms with van der Waals surface area (Å²) in [7, 11) is 0. The summed E-state index contributed by atoms with van der Waals surface area (Å²) in [6.07, 6.45) is 1.45. The monoisotopic (exact) mass is 396 g/mol. The summed E-state index contributed by atoms with van der Waals surface area (Å²) in [4.78, 5) is 4.13. The van der Waals surface area contributed by atoms with Gasteiger partial charge in [-0.05, 0) is 41.1 Å². The molecule has 0 aliphatic carbocycles. The SMILES string of the molecule is C[C@H](Nc1c(Cl)cnc2ccc(Br)c(F)c12)c1ccccc1F. The molecule has 2 nitrogen and oxygen atoms in total. The molecule has 0 spiro atoms. The Morgan fingerprint density at radius 3 is 2.65 bits per heavy atom. The number of rotatable bonds is 3. The fourth-order valence-electron chi connectivity index (χ4n) is 2.46. The Bertz CT molecular complexity index is 881. The first-order valence-corrected chi connectivity index (χ1v) is 8.09. The lowest BCUT2D eigenvalue weighted by atomic mass is 10.1. The minimum atomic E-state index is -0.458. The van der Waals surface area contributed by atoms with Crippen molar-refractivity contribution in [2.75, 3.05) is 5.32 Å². The molecule has 1 atom stereocenters. The molecule has 0 saturated carbocycles. The number of aromatic nitrogens is 1. The van der Waals surface area contributed by atoms with Gasteiger partial charge in [0.1, 0.15) is 11.6 Å². The van der Waals surface area contributed by atoms with Gasteiger partial charge in [0.25, 0.3) is 0 Å². The second kappa shape index (κ2) is 6.42. The lowest BCUT2D eigenvalue weighted by Gasteiger charge is -2.19. The zero-order chi connectivity index (χ0) is 16.6. The van der Waals surface area contributed by atoms with Crippen LogP contribution in [-0.4, -0.2) is 4.98 Å². The van der Waals surface area contributed by atoms with E-state index in [0.29, 0.717) is 21.2 Å². The largest absolute Gasteiger partial charge is 0.377 e. The van der Waals surface area contributed by atoms with Gasteiger partial charge in [0.15, 0.2) is 0 Å². The molecule has 6 heteroatoms. The van der Waals surface area contributed by atoms with Gasteiger partial charge in [-0.2, -0.15) is 0 Å². The minimum Gasteiger partial charge on any atom is -0.377 e. The summed E-state index contributed by atoms with van der Waals surface area (Å²) in [6.45, 7) is 1.79. The number of anilines is 1. The molecule has 0 aliphatic heterocycles. The predicted molar refractivity (Wildman–Crippen MR) is 92.8 cm³/mol. The maximum Gasteiger partial charge on any atom is 0.148 e. The molecule has 0 unspecified atom stereocenters. The third-order valence-electron chi connectivity index (χ3n) is 3.61. The van der Waals surface area contributed by atoms with E-state index < -0.39 is 11.9 Å². The molecule has 0 saturated heterocycles. The molecule has 1 N–H and O–H groups in total. The highest BCUT2D eigenvalue weighted by Gasteiger charge is 2.17. The van der Waals surface area contributed by atoms with E-state index in [1.54, 1.807) is 37.3 Å². The Kier molecular flexibility index (Phi) is 4.50. The van der Waals surface area contributed by atoms with Gasteiger partial charge in [-0.15, -0.1) is 0 Å². The van der Waals surface area contributed by atoms with Crippen LogP contribution >= 0.6 is 27.5 Å². The van der Waals surface area contributed by atoms with Gasteiger partial charge in [0.2, 0.25) is 0 Å². The van der Waals surface area contributed by atoms with Crippen molar-refractivity contribution in [3.05, 3.63) is 69.3 Å². The van der Waals surface area contributed by atoms with Crippen LogP contribution in [-0.2, 0) is 0 Å². The molecule has 0 bridgehead atoms. The lowest BCUT2D eigenvalue weighted by molar-refractivity contribution is 0.600. The molecule has 3 rings (SSSR count). The van der Waals surface area contributed by atoms with Gasteiger partial charge < -0.3 is 5.32 Å². The highest BCUT2D eigenvalue weighted by molar-refractivity contribution is 9.10. The molecule has 0 fully saturated rings. The van der Waals surface area contributed by atoms with Crippen LogP contribution in [0.25, 0.3) is 10.9 Å². The fourth-order valence-corrected chi connectivity index (χ4v) is 2.99. The van der Waals surface area contributed by atoms with Crippen molar-refractivity contribution in [2.45, 2.75) is 13.0 Å². The third kappa shape index (κ3) is 3.03. The molecule has 1 aromatic heterocycles. The second-order valence-corrected chi connectivity index (χ2v) is 6.39. The average Bonchev–Trinajstić information content (AvgIpc) is 2.53. The van der Waals surface area contributed by atoms with E-state index >= 15 is 0 Å². The zero-order valence-corrected chi connectivity index (χ0v) is 14.4. The third-order valence-corrected chi connectivity index (χ3v) is 4.51. The molecule has 0 aliphatic rings. The van der Waals surface area contributed by atoms with E-state index in [1.165, 1.54) is 12.3 Å². The summed E-state index contributed by atoms with van der Waals surface area (Å²) in [5.41, 5.74) is 1.34. The lowest BCUT2D eigenvalue weighted by Crippen LogP contribution is -2.10. The molecule has 3 aromatic rings. The Labute approximate surface area is 145 Å². The molecule has 1 heterocycles. The molecule has 118 valence electrons. The molecular formula is C17H12BrClF2N2. The Morgan fingerprint density at radius 1 is 1.17 bits per heavy atom. The Morgan fingerprint density at radius 2 is 1.91 bits per heavy atom. The van der Waals surface area contributed by atoms with Crippen molar-refractivity contribution in [1.82, 2.24) is 4.98 Å². The predicted octanol–water partition coefficient (Wildman–Crippen LogP) is 6.10. The number of hydrogen-bond donors (Lipinski definition) is 1. The van der Waals surface area contributed by atoms with Crippen LogP contribution in [0.5, 0.6) is 0 Å². The number of halogens is 4. The first-order chi connectivity index (χ1) is 11.0. The average molecular weight is 398 g/mol. The van der Waals surface area contributed by atoms with Crippen LogP contribution in [0.4, 0.5) is 14.5 Å². The van der Waals surface area contributed by atoms with Crippen molar-refractivity contribution in [2.24, 2.45) is 0 Å². The van der Waals surface area contributed by atoms with Gasteiger partial charge >= 0.3 is 0 Å². The van der Waals surface area contributed by atoms with Crippen LogP contribution in [0.3, 0.4) is 0 Å². The molecular weight excluding hydrogens is 386 g/mol. The van der Waals surface area contributed by atoms with E-state index in [9.17, 15) is 8.78 Å². The summed E-state index contributed by atoms with van der Waals surface area (Å²) >= 11 is 9.36. The fraction of sp³-hybridized carbons (Fsp3) is 0.118. The van der Waals surface area contributed by atoms with Crippen LogP contribution in [0, 0.1) is 11.6 Å². The van der Waals surface area contributed by atoms with Crippen molar-refractivity contribution < 1.29 is 8.78 Å². The van der Waals surface area contributed by atoms with Gasteiger partial charge in [-0.25, -0.2) is 8.78 Å². The number of nitrogens with one attached hydrogen (secondary N) is 1. The Hall–Kier alpha value is -1.72. The van der Waals surface area contributed by atoms with Gasteiger partial charge in [0.05, 0.1) is 32.1 Å². The summed E-state index contributed by atoms with van der Waals surface area (Å²) in [5.74, 6) is -0.788. The summed E-state index contributed by atoms with van der Waals surface area (Å²) < 4.78 is 28.8. The van der Waals surface area contributed by atoms with Crippen LogP contribution < -0.4 is 5.32 Å². The van der Waals surface area contributed by atoms with E-state index in [-0.39, 0.29) is 16.2 Å². The second-order valence-electron chi connectivity index (χ2n) is 5.12. The van der Waals surface area contributed by atoms with Crippen molar-refractivity contribution in [1.29, 1.82) is 0 Å². The summed E-state index contributed by atoms with van der Waals surface area (Å²) in [6, 6.07) is 9.32. The molecule has 23 heavy (non-hydrogen) atoms. The molecule has 2 aromatic carbocycles. The number of pyridine rings is 1. The maximum absolute atomic E-state index is 14.5. The van der Waals surface area contributed by atoms with Crippen molar-refractivity contribution >= 4 is 44.1 Å². The highest BCUT2D eigenvalue weighted by atomic mass is 79.9. The van der Waals surface area contributed by atoms with Gasteiger partial charge in [0, 0.05) is 11.8 Å². The minimum absolute atomic E-state index is 0.273. The van der Waals surface area contributed by atoms with Gasteiger partial charge in [-0.3, -0.25) is 4.98 Å². The van der Waals surface area contributed by atoms with E-state index in [4.69, 9.17) is 11.6 Å². The molecule has 0 amide bonds. The van der Waals surface area contributed by atoms with Crippen LogP contribution in [0.1, 0.15) is 18.5 Å². The first kappa shape index (κ1) is 16.1. The van der Waals surface area contributed by atoms with Crippen molar-refractivity contribution in [3.8, 4) is 0 Å². The van der Waals surface area contributed by atoms with Crippen LogP contribution in [0.2, 0.25) is 5.02 Å². The highest BCUT2D eigenvalue weighted by Crippen LogP contribution is 2.36. The number of nitrogens with zero attached hydrogens (tertiary/aromatic N) is 1. The zero-order valence-electron chi connectivity index (χ0n) is 12.1. The standard InChI is InChI=1S/C17H12BrClF2N2/c1-9(10-4-2-3-5-13(10)20)23-17-12(19)8-22-14-7-6-11(18)16(21)15(14)17/h2-9H,1H3,(H,22,23)/t9-/m0/s1. The maximum atomic E-state index is 14.5. The van der Waals surface area contributed by atoms with Crippen LogP contribution in [0.15, 0.2) is 47.1 Å². The smallest absolute Gasteiger partial charge is 0.148 e. The molecule has 0 radical (unpaired) electrons. The van der Waals surface area contributed by atoms with Gasteiger partial charge in [-0.1, -0.05) is 29.8 Å². The van der Waals surface area contributed by atoms with Crippen molar-refractivity contribution in [3.63, 3.8) is 0 Å². The van der Waals surface area contributed by atoms with E-state index in [1.807, 2.05) is 0 Å². The number of fused-ring (bicyclic) bond motifs is 1. The number of hydrogen-bond acceptors (Lipinski definition) is 2. The topological polar surface area (TPSA) is 24.9 Å². The van der Waals surface area contributed by atoms with E-state index in [2.05, 4.69) is 26.2 Å².